The Labute approximate surface area is 115 Å². The first-order valence-electron chi connectivity index (χ1n) is 5.97. The smallest absolute Gasteiger partial charge is 0.255 e. The fourth-order valence-electron chi connectivity index (χ4n) is 1.77. The van der Waals surface area contributed by atoms with Gasteiger partial charge in [-0.1, -0.05) is 18.2 Å². The average Bonchev–Trinajstić information content (AvgIpc) is 2.46. The molecule has 0 aromatic heterocycles. The molecular weight excluding hydrogens is 264 g/mol. The first kappa shape index (κ1) is 14.0. The van der Waals surface area contributed by atoms with Gasteiger partial charge in [0, 0.05) is 18.2 Å². The molecule has 20 heavy (non-hydrogen) atoms. The molecule has 2 rings (SSSR count). The lowest BCUT2D eigenvalue weighted by molar-refractivity contribution is 0.0947. The average molecular weight is 277 g/mol. The van der Waals surface area contributed by atoms with Gasteiger partial charge in [-0.25, -0.2) is 8.78 Å². The van der Waals surface area contributed by atoms with E-state index in [1.54, 1.807) is 24.3 Å². The zero-order valence-electron chi connectivity index (χ0n) is 10.8. The topological polar surface area (TPSA) is 38.3 Å². The van der Waals surface area contributed by atoms with E-state index in [-0.39, 0.29) is 18.0 Å². The summed E-state index contributed by atoms with van der Waals surface area (Å²) in [5.41, 5.74) is 0.576. The third kappa shape index (κ3) is 3.12. The fourth-order valence-corrected chi connectivity index (χ4v) is 1.77. The van der Waals surface area contributed by atoms with E-state index in [0.717, 1.165) is 12.1 Å². The van der Waals surface area contributed by atoms with Crippen LogP contribution in [-0.4, -0.2) is 13.0 Å². The summed E-state index contributed by atoms with van der Waals surface area (Å²) >= 11 is 0. The number of benzene rings is 2. The molecule has 2 aromatic rings. The van der Waals surface area contributed by atoms with Crippen molar-refractivity contribution < 1.29 is 18.3 Å². The van der Waals surface area contributed by atoms with E-state index in [2.05, 4.69) is 5.32 Å². The molecule has 104 valence electrons. The van der Waals surface area contributed by atoms with Crippen LogP contribution in [0.1, 0.15) is 15.9 Å². The minimum atomic E-state index is -0.690. The maximum atomic E-state index is 13.4. The second kappa shape index (κ2) is 6.14. The molecule has 1 N–H and O–H groups in total. The Morgan fingerprint density at radius 3 is 2.65 bits per heavy atom. The van der Waals surface area contributed by atoms with Crippen molar-refractivity contribution in [3.8, 4) is 5.75 Å². The normalized spacial score (nSPS) is 10.2. The van der Waals surface area contributed by atoms with E-state index < -0.39 is 11.6 Å². The highest BCUT2D eigenvalue weighted by Gasteiger charge is 2.12. The van der Waals surface area contributed by atoms with E-state index in [1.807, 2.05) is 0 Å². The molecule has 3 nitrogen and oxygen atoms in total. The monoisotopic (exact) mass is 277 g/mol. The van der Waals surface area contributed by atoms with Crippen molar-refractivity contribution >= 4 is 5.91 Å². The van der Waals surface area contributed by atoms with Crippen LogP contribution in [-0.2, 0) is 6.54 Å². The number of hydrogen-bond donors (Lipinski definition) is 1. The van der Waals surface area contributed by atoms with Crippen molar-refractivity contribution in [3.63, 3.8) is 0 Å². The molecule has 0 radical (unpaired) electrons. The van der Waals surface area contributed by atoms with Crippen LogP contribution in [0.15, 0.2) is 42.5 Å². The molecule has 0 atom stereocenters. The number of amides is 1. The standard InChI is InChI=1S/C15H13F2NO2/c1-20-14-5-3-2-4-12(14)15(19)18-9-10-6-7-11(16)8-13(10)17/h2-8H,9H2,1H3,(H,18,19). The molecule has 5 heteroatoms. The Morgan fingerprint density at radius 2 is 1.95 bits per heavy atom. The van der Waals surface area contributed by atoms with Gasteiger partial charge in [0.1, 0.15) is 17.4 Å². The van der Waals surface area contributed by atoms with Crippen LogP contribution in [0.5, 0.6) is 5.75 Å². The van der Waals surface area contributed by atoms with Crippen LogP contribution in [0.2, 0.25) is 0 Å². The third-order valence-corrected chi connectivity index (χ3v) is 2.81. The number of halogens is 2. The molecular formula is C15H13F2NO2. The van der Waals surface area contributed by atoms with E-state index >= 15 is 0 Å². The Bertz CT molecular complexity index is 629. The quantitative estimate of drug-likeness (QED) is 0.933. The van der Waals surface area contributed by atoms with Gasteiger partial charge in [0.15, 0.2) is 0 Å². The van der Waals surface area contributed by atoms with Crippen molar-refractivity contribution in [2.45, 2.75) is 6.54 Å². The summed E-state index contributed by atoms with van der Waals surface area (Å²) < 4.78 is 31.3. The number of methoxy groups -OCH3 is 1. The maximum absolute atomic E-state index is 13.4. The lowest BCUT2D eigenvalue weighted by Crippen LogP contribution is -2.23. The molecule has 0 heterocycles. The number of carbonyl (C=O) groups excluding carboxylic acids is 1. The first-order chi connectivity index (χ1) is 9.61. The molecule has 0 aliphatic rings. The van der Waals surface area contributed by atoms with Gasteiger partial charge in [0.05, 0.1) is 12.7 Å². The van der Waals surface area contributed by atoms with Crippen molar-refractivity contribution in [2.24, 2.45) is 0 Å². The minimum Gasteiger partial charge on any atom is -0.496 e. The summed E-state index contributed by atoms with van der Waals surface area (Å²) in [6, 6.07) is 9.94. The Balaban J connectivity index is 2.09. The van der Waals surface area contributed by atoms with Crippen LogP contribution in [0.3, 0.4) is 0 Å². The maximum Gasteiger partial charge on any atom is 0.255 e. The van der Waals surface area contributed by atoms with Crippen molar-refractivity contribution in [3.05, 3.63) is 65.2 Å². The number of carbonyl (C=O) groups is 1. The van der Waals surface area contributed by atoms with Gasteiger partial charge in [-0.05, 0) is 18.2 Å². The lowest BCUT2D eigenvalue weighted by Gasteiger charge is -2.09. The van der Waals surface area contributed by atoms with Gasteiger partial charge in [0.2, 0.25) is 0 Å². The van der Waals surface area contributed by atoms with E-state index in [0.29, 0.717) is 11.3 Å². The second-order valence-electron chi connectivity index (χ2n) is 4.12. The number of rotatable bonds is 4. The second-order valence-corrected chi connectivity index (χ2v) is 4.12. The number of ether oxygens (including phenoxy) is 1. The molecule has 0 saturated carbocycles. The predicted molar refractivity (Wildman–Crippen MR) is 70.5 cm³/mol. The SMILES string of the molecule is COc1ccccc1C(=O)NCc1ccc(F)cc1F. The molecule has 1 amide bonds. The highest BCUT2D eigenvalue weighted by Crippen LogP contribution is 2.17. The molecule has 0 spiro atoms. The molecule has 0 fully saturated rings. The van der Waals surface area contributed by atoms with Crippen LogP contribution in [0.25, 0.3) is 0 Å². The summed E-state index contributed by atoms with van der Waals surface area (Å²) in [6.45, 7) is -0.0248. The molecule has 0 aliphatic heterocycles. The summed E-state index contributed by atoms with van der Waals surface area (Å²) in [5.74, 6) is -1.29. The molecule has 2 aromatic carbocycles. The highest BCUT2D eigenvalue weighted by molar-refractivity contribution is 5.96. The Morgan fingerprint density at radius 1 is 1.20 bits per heavy atom. The zero-order chi connectivity index (χ0) is 14.5. The van der Waals surface area contributed by atoms with Gasteiger partial charge in [-0.2, -0.15) is 0 Å². The van der Waals surface area contributed by atoms with Gasteiger partial charge >= 0.3 is 0 Å². The van der Waals surface area contributed by atoms with Crippen LogP contribution in [0.4, 0.5) is 8.78 Å². The van der Waals surface area contributed by atoms with Gasteiger partial charge in [-0.15, -0.1) is 0 Å². The number of nitrogens with one attached hydrogen (secondary N) is 1. The molecule has 0 aliphatic carbocycles. The number of hydrogen-bond acceptors (Lipinski definition) is 2. The summed E-state index contributed by atoms with van der Waals surface area (Å²) in [7, 11) is 1.46. The van der Waals surface area contributed by atoms with Crippen LogP contribution in [0, 0.1) is 11.6 Å². The lowest BCUT2D eigenvalue weighted by atomic mass is 10.1. The highest BCUT2D eigenvalue weighted by atomic mass is 19.1. The van der Waals surface area contributed by atoms with Crippen molar-refractivity contribution in [1.82, 2.24) is 5.32 Å². The van der Waals surface area contributed by atoms with E-state index in [1.165, 1.54) is 13.2 Å². The third-order valence-electron chi connectivity index (χ3n) is 2.81. The molecule has 0 unspecified atom stereocenters. The number of para-hydroxylation sites is 1. The van der Waals surface area contributed by atoms with Crippen LogP contribution >= 0.6 is 0 Å². The zero-order valence-corrected chi connectivity index (χ0v) is 10.8. The fraction of sp³-hybridized carbons (Fsp3) is 0.133. The van der Waals surface area contributed by atoms with Gasteiger partial charge < -0.3 is 10.1 Å². The van der Waals surface area contributed by atoms with E-state index in [9.17, 15) is 13.6 Å². The predicted octanol–water partition coefficient (Wildman–Crippen LogP) is 2.90. The van der Waals surface area contributed by atoms with Crippen molar-refractivity contribution in [1.29, 1.82) is 0 Å². The van der Waals surface area contributed by atoms with Crippen LogP contribution < -0.4 is 10.1 Å². The summed E-state index contributed by atoms with van der Waals surface area (Å²) in [5, 5.41) is 2.57. The first-order valence-corrected chi connectivity index (χ1v) is 5.97. The van der Waals surface area contributed by atoms with Crippen molar-refractivity contribution in [2.75, 3.05) is 7.11 Å². The Hall–Kier alpha value is -2.43. The van der Waals surface area contributed by atoms with E-state index in [4.69, 9.17) is 4.74 Å². The molecule has 0 bridgehead atoms. The summed E-state index contributed by atoms with van der Waals surface area (Å²) in [6.07, 6.45) is 0. The van der Waals surface area contributed by atoms with Gasteiger partial charge in [-0.3, -0.25) is 4.79 Å². The van der Waals surface area contributed by atoms with Gasteiger partial charge in [0.25, 0.3) is 5.91 Å². The largest absolute Gasteiger partial charge is 0.496 e. The minimum absolute atomic E-state index is 0.0248. The Kier molecular flexibility index (Phi) is 4.30. The summed E-state index contributed by atoms with van der Waals surface area (Å²) in [4.78, 5) is 12.0. The molecule has 0 saturated heterocycles.